The van der Waals surface area contributed by atoms with Crippen LogP contribution in [0.4, 0.5) is 5.69 Å². The second-order valence-electron chi connectivity index (χ2n) is 4.50. The zero-order chi connectivity index (χ0) is 10.7. The molecule has 0 saturated heterocycles. The number of anilines is 1. The van der Waals surface area contributed by atoms with E-state index in [0.717, 1.165) is 18.5 Å². The molecule has 0 heterocycles. The summed E-state index contributed by atoms with van der Waals surface area (Å²) in [6.07, 6.45) is 2.53. The molecule has 1 aromatic carbocycles. The Morgan fingerprint density at radius 1 is 1.20 bits per heavy atom. The first-order chi connectivity index (χ1) is 7.24. The third-order valence-corrected chi connectivity index (χ3v) is 2.88. The number of carbonyl (C=O) groups is 1. The lowest BCUT2D eigenvalue weighted by molar-refractivity contribution is -0.121. The van der Waals surface area contributed by atoms with Crippen LogP contribution in [0.5, 0.6) is 0 Å². The molecule has 2 rings (SSSR count). The second kappa shape index (κ2) is 4.47. The Balaban J connectivity index is 1.97. The number of para-hydroxylation sites is 1. The van der Waals surface area contributed by atoms with Crippen LogP contribution in [-0.2, 0) is 4.79 Å². The highest BCUT2D eigenvalue weighted by atomic mass is 16.1. The van der Waals surface area contributed by atoms with Gasteiger partial charge in [0.2, 0.25) is 0 Å². The Kier molecular flexibility index (Phi) is 3.05. The number of carbonyl (C=O) groups excluding carboxylic acids is 1. The first-order valence-corrected chi connectivity index (χ1v) is 5.57. The number of Topliss-reactive ketones (excluding diaryl/α,β-unsaturated/α-hetero) is 1. The smallest absolute Gasteiger partial charge is 0.135 e. The van der Waals surface area contributed by atoms with Crippen LogP contribution in [0, 0.1) is 5.92 Å². The molecule has 0 amide bonds. The molecule has 2 nitrogen and oxygen atoms in total. The summed E-state index contributed by atoms with van der Waals surface area (Å²) >= 11 is 0. The molecule has 2 atom stereocenters. The number of ketones is 1. The first-order valence-electron chi connectivity index (χ1n) is 5.57. The third-order valence-electron chi connectivity index (χ3n) is 2.88. The van der Waals surface area contributed by atoms with Crippen molar-refractivity contribution < 1.29 is 4.79 Å². The highest BCUT2D eigenvalue weighted by molar-refractivity contribution is 5.80. The molecule has 0 unspecified atom stereocenters. The van der Waals surface area contributed by atoms with Crippen LogP contribution < -0.4 is 5.32 Å². The third kappa shape index (κ3) is 2.82. The van der Waals surface area contributed by atoms with Crippen molar-refractivity contribution in [3.05, 3.63) is 30.3 Å². The predicted octanol–water partition coefficient (Wildman–Crippen LogP) is 2.86. The summed E-state index contributed by atoms with van der Waals surface area (Å²) in [7, 11) is 0. The second-order valence-corrected chi connectivity index (χ2v) is 4.50. The number of benzene rings is 1. The van der Waals surface area contributed by atoms with Gasteiger partial charge in [0.1, 0.15) is 5.78 Å². The summed E-state index contributed by atoms with van der Waals surface area (Å²) in [5.41, 5.74) is 1.12. The van der Waals surface area contributed by atoms with Gasteiger partial charge in [0.25, 0.3) is 0 Å². The van der Waals surface area contributed by atoms with E-state index in [-0.39, 0.29) is 0 Å². The molecule has 1 fully saturated rings. The standard InChI is InChI=1S/C13H17NO/c1-10-7-12(9-13(15)8-10)14-11-5-3-2-4-6-11/h2-6,10,12,14H,7-9H2,1H3/t10-,12-/m0/s1. The summed E-state index contributed by atoms with van der Waals surface area (Å²) in [4.78, 5) is 11.4. The van der Waals surface area contributed by atoms with Crippen molar-refractivity contribution in [3.63, 3.8) is 0 Å². The largest absolute Gasteiger partial charge is 0.382 e. The Labute approximate surface area is 90.7 Å². The summed E-state index contributed by atoms with van der Waals surface area (Å²) in [5, 5.41) is 3.42. The van der Waals surface area contributed by atoms with Gasteiger partial charge in [-0.15, -0.1) is 0 Å². The maximum atomic E-state index is 11.4. The summed E-state index contributed by atoms with van der Waals surface area (Å²) in [5.74, 6) is 0.912. The van der Waals surface area contributed by atoms with Gasteiger partial charge in [0, 0.05) is 24.6 Å². The molecule has 0 radical (unpaired) electrons. The highest BCUT2D eigenvalue weighted by Gasteiger charge is 2.24. The lowest BCUT2D eigenvalue weighted by Gasteiger charge is -2.27. The van der Waals surface area contributed by atoms with Gasteiger partial charge in [-0.05, 0) is 24.5 Å². The van der Waals surface area contributed by atoms with E-state index in [1.807, 2.05) is 30.3 Å². The van der Waals surface area contributed by atoms with Crippen molar-refractivity contribution in [2.45, 2.75) is 32.2 Å². The van der Waals surface area contributed by atoms with E-state index in [2.05, 4.69) is 12.2 Å². The van der Waals surface area contributed by atoms with Crippen molar-refractivity contribution in [2.75, 3.05) is 5.32 Å². The van der Waals surface area contributed by atoms with Crippen LogP contribution in [-0.4, -0.2) is 11.8 Å². The lowest BCUT2D eigenvalue weighted by Crippen LogP contribution is -2.31. The molecule has 2 heteroatoms. The van der Waals surface area contributed by atoms with Crippen molar-refractivity contribution in [1.82, 2.24) is 0 Å². The molecule has 0 aromatic heterocycles. The monoisotopic (exact) mass is 203 g/mol. The van der Waals surface area contributed by atoms with Crippen molar-refractivity contribution in [2.24, 2.45) is 5.92 Å². The molecule has 80 valence electrons. The van der Waals surface area contributed by atoms with E-state index in [9.17, 15) is 4.79 Å². The molecular formula is C13H17NO. The van der Waals surface area contributed by atoms with Crippen LogP contribution >= 0.6 is 0 Å². The Morgan fingerprint density at radius 3 is 2.60 bits per heavy atom. The Hall–Kier alpha value is -1.31. The number of hydrogen-bond acceptors (Lipinski definition) is 2. The van der Waals surface area contributed by atoms with Crippen molar-refractivity contribution in [1.29, 1.82) is 0 Å². The average molecular weight is 203 g/mol. The zero-order valence-electron chi connectivity index (χ0n) is 9.07. The van der Waals surface area contributed by atoms with Gasteiger partial charge < -0.3 is 5.32 Å². The minimum Gasteiger partial charge on any atom is -0.382 e. The Morgan fingerprint density at radius 2 is 1.93 bits per heavy atom. The van der Waals surface area contributed by atoms with Gasteiger partial charge in [-0.3, -0.25) is 4.79 Å². The quantitative estimate of drug-likeness (QED) is 0.800. The Bertz CT molecular complexity index is 334. The topological polar surface area (TPSA) is 29.1 Å². The first kappa shape index (κ1) is 10.2. The summed E-state index contributed by atoms with van der Waals surface area (Å²) in [6.45, 7) is 2.15. The summed E-state index contributed by atoms with van der Waals surface area (Å²) < 4.78 is 0. The normalized spacial score (nSPS) is 26.3. The van der Waals surface area contributed by atoms with Crippen LogP contribution in [0.25, 0.3) is 0 Å². The van der Waals surface area contributed by atoms with Gasteiger partial charge in [0.05, 0.1) is 0 Å². The van der Waals surface area contributed by atoms with Crippen LogP contribution in [0.1, 0.15) is 26.2 Å². The molecule has 1 aromatic rings. The zero-order valence-corrected chi connectivity index (χ0v) is 9.07. The maximum absolute atomic E-state index is 11.4. The van der Waals surface area contributed by atoms with E-state index in [4.69, 9.17) is 0 Å². The van der Waals surface area contributed by atoms with Crippen molar-refractivity contribution in [3.8, 4) is 0 Å². The highest BCUT2D eigenvalue weighted by Crippen LogP contribution is 2.23. The van der Waals surface area contributed by atoms with Crippen molar-refractivity contribution >= 4 is 11.5 Å². The molecule has 1 aliphatic rings. The van der Waals surface area contributed by atoms with E-state index in [1.54, 1.807) is 0 Å². The number of hydrogen-bond donors (Lipinski definition) is 1. The maximum Gasteiger partial charge on any atom is 0.135 e. The fraction of sp³-hybridized carbons (Fsp3) is 0.462. The van der Waals surface area contributed by atoms with Gasteiger partial charge in [-0.25, -0.2) is 0 Å². The van der Waals surface area contributed by atoms with Crippen LogP contribution in [0.15, 0.2) is 30.3 Å². The van der Waals surface area contributed by atoms with Gasteiger partial charge in [-0.2, -0.15) is 0 Å². The van der Waals surface area contributed by atoms with Gasteiger partial charge in [0.15, 0.2) is 0 Å². The fourth-order valence-corrected chi connectivity index (χ4v) is 2.28. The predicted molar refractivity (Wildman–Crippen MR) is 61.9 cm³/mol. The van der Waals surface area contributed by atoms with Gasteiger partial charge in [-0.1, -0.05) is 25.1 Å². The SMILES string of the molecule is C[C@@H]1CC(=O)C[C@@H](Nc2ccccc2)C1. The molecule has 0 aliphatic heterocycles. The number of rotatable bonds is 2. The van der Waals surface area contributed by atoms with Gasteiger partial charge >= 0.3 is 0 Å². The van der Waals surface area contributed by atoms with E-state index in [0.29, 0.717) is 24.2 Å². The molecule has 1 aliphatic carbocycles. The average Bonchev–Trinajstić information content (AvgIpc) is 2.17. The molecule has 0 spiro atoms. The van der Waals surface area contributed by atoms with E-state index < -0.39 is 0 Å². The minimum absolute atomic E-state index is 0.323. The summed E-state index contributed by atoms with van der Waals surface area (Å²) in [6, 6.07) is 10.4. The lowest BCUT2D eigenvalue weighted by atomic mass is 9.86. The number of nitrogens with one attached hydrogen (secondary N) is 1. The molecule has 0 bridgehead atoms. The molecule has 1 N–H and O–H groups in total. The minimum atomic E-state index is 0.323. The fourth-order valence-electron chi connectivity index (χ4n) is 2.28. The molecule has 15 heavy (non-hydrogen) atoms. The van der Waals surface area contributed by atoms with Crippen LogP contribution in [0.3, 0.4) is 0 Å². The van der Waals surface area contributed by atoms with Crippen LogP contribution in [0.2, 0.25) is 0 Å². The van der Waals surface area contributed by atoms with E-state index in [1.165, 1.54) is 0 Å². The van der Waals surface area contributed by atoms with E-state index >= 15 is 0 Å². The molecule has 1 saturated carbocycles. The molecular weight excluding hydrogens is 186 g/mol.